The van der Waals surface area contributed by atoms with Crippen molar-refractivity contribution in [1.29, 1.82) is 0 Å². The summed E-state index contributed by atoms with van der Waals surface area (Å²) in [4.78, 5) is 14.2. The molecule has 0 aliphatic heterocycles. The fourth-order valence-corrected chi connectivity index (χ4v) is 3.08. The van der Waals surface area contributed by atoms with E-state index in [0.29, 0.717) is 16.8 Å². The average Bonchev–Trinajstić information content (AvgIpc) is 3.16. The van der Waals surface area contributed by atoms with Gasteiger partial charge in [-0.3, -0.25) is 4.79 Å². The van der Waals surface area contributed by atoms with Gasteiger partial charge in [-0.05, 0) is 47.5 Å². The van der Waals surface area contributed by atoms with Gasteiger partial charge in [-0.2, -0.15) is 5.10 Å². The predicted octanol–water partition coefficient (Wildman–Crippen LogP) is 4.89. The summed E-state index contributed by atoms with van der Waals surface area (Å²) in [7, 11) is 1.67. The fraction of sp³-hybridized carbons (Fsp3) is 0.0909. The number of halogens is 2. The van der Waals surface area contributed by atoms with Gasteiger partial charge in [0.25, 0.3) is 5.91 Å². The SMILES string of the molecule is CN(C(=O)c1ccc(F)cc1)c1ccn2ncc(-c3ccc(CF)cc3)c2c1. The Morgan fingerprint density at radius 1 is 1.07 bits per heavy atom. The van der Waals surface area contributed by atoms with E-state index in [1.54, 1.807) is 42.2 Å². The van der Waals surface area contributed by atoms with Crippen molar-refractivity contribution in [3.05, 3.63) is 90.0 Å². The van der Waals surface area contributed by atoms with Crippen molar-refractivity contribution in [2.24, 2.45) is 0 Å². The lowest BCUT2D eigenvalue weighted by Crippen LogP contribution is -2.26. The molecular formula is C22H17F2N3O. The highest BCUT2D eigenvalue weighted by Crippen LogP contribution is 2.28. The van der Waals surface area contributed by atoms with Crippen molar-refractivity contribution in [3.63, 3.8) is 0 Å². The Balaban J connectivity index is 1.70. The molecule has 0 saturated carbocycles. The molecular weight excluding hydrogens is 360 g/mol. The first kappa shape index (κ1) is 17.9. The summed E-state index contributed by atoms with van der Waals surface area (Å²) in [5.74, 6) is -0.624. The zero-order chi connectivity index (χ0) is 19.7. The van der Waals surface area contributed by atoms with Gasteiger partial charge in [0.1, 0.15) is 12.5 Å². The number of amides is 1. The third-order valence-corrected chi connectivity index (χ3v) is 4.71. The van der Waals surface area contributed by atoms with Gasteiger partial charge < -0.3 is 4.90 Å². The smallest absolute Gasteiger partial charge is 0.258 e. The first-order valence-corrected chi connectivity index (χ1v) is 8.73. The lowest BCUT2D eigenvalue weighted by molar-refractivity contribution is 0.0993. The molecule has 0 spiro atoms. The van der Waals surface area contributed by atoms with E-state index in [1.807, 2.05) is 18.2 Å². The summed E-state index contributed by atoms with van der Waals surface area (Å²) < 4.78 is 27.6. The normalized spacial score (nSPS) is 11.0. The number of hydrogen-bond donors (Lipinski definition) is 0. The standard InChI is InChI=1S/C22H17F2N3O/c1-26(22(28)17-6-8-18(24)9-7-17)19-10-11-27-21(12-19)20(14-25-27)16-4-2-15(13-23)3-5-16/h2-12,14H,13H2,1H3. The highest BCUT2D eigenvalue weighted by molar-refractivity contribution is 6.06. The number of aromatic nitrogens is 2. The van der Waals surface area contributed by atoms with Crippen LogP contribution in [0, 0.1) is 5.82 Å². The number of rotatable bonds is 4. The van der Waals surface area contributed by atoms with Crippen LogP contribution in [-0.4, -0.2) is 22.6 Å². The monoisotopic (exact) mass is 377 g/mol. The molecule has 2 aromatic carbocycles. The zero-order valence-corrected chi connectivity index (χ0v) is 15.1. The van der Waals surface area contributed by atoms with Gasteiger partial charge in [-0.25, -0.2) is 13.3 Å². The van der Waals surface area contributed by atoms with Crippen molar-refractivity contribution in [2.75, 3.05) is 11.9 Å². The number of pyridine rings is 1. The summed E-state index contributed by atoms with van der Waals surface area (Å²) >= 11 is 0. The number of hydrogen-bond acceptors (Lipinski definition) is 2. The van der Waals surface area contributed by atoms with Gasteiger partial charge in [0, 0.05) is 30.1 Å². The molecule has 4 rings (SSSR count). The fourth-order valence-electron chi connectivity index (χ4n) is 3.08. The quantitative estimate of drug-likeness (QED) is 0.508. The van der Waals surface area contributed by atoms with Crippen molar-refractivity contribution >= 4 is 17.1 Å². The van der Waals surface area contributed by atoms with Crippen molar-refractivity contribution in [3.8, 4) is 11.1 Å². The average molecular weight is 377 g/mol. The number of nitrogens with zero attached hydrogens (tertiary/aromatic N) is 3. The number of benzene rings is 2. The number of carbonyl (C=O) groups is 1. The van der Waals surface area contributed by atoms with E-state index < -0.39 is 6.67 Å². The van der Waals surface area contributed by atoms with E-state index in [4.69, 9.17) is 0 Å². The summed E-state index contributed by atoms with van der Waals surface area (Å²) in [5.41, 5.74) is 4.32. The zero-order valence-electron chi connectivity index (χ0n) is 15.1. The van der Waals surface area contributed by atoms with E-state index in [9.17, 15) is 13.6 Å². The highest BCUT2D eigenvalue weighted by Gasteiger charge is 2.15. The number of carbonyl (C=O) groups excluding carboxylic acids is 1. The first-order chi connectivity index (χ1) is 13.6. The molecule has 4 nitrogen and oxygen atoms in total. The molecule has 0 radical (unpaired) electrons. The Morgan fingerprint density at radius 3 is 2.46 bits per heavy atom. The molecule has 0 N–H and O–H groups in total. The predicted molar refractivity (Wildman–Crippen MR) is 105 cm³/mol. The summed E-state index contributed by atoms with van der Waals surface area (Å²) in [6, 6.07) is 16.3. The van der Waals surface area contributed by atoms with Crippen LogP contribution < -0.4 is 4.90 Å². The molecule has 2 aromatic heterocycles. The highest BCUT2D eigenvalue weighted by atomic mass is 19.1. The van der Waals surface area contributed by atoms with Gasteiger partial charge >= 0.3 is 0 Å². The third kappa shape index (κ3) is 3.24. The largest absolute Gasteiger partial charge is 0.311 e. The second kappa shape index (κ2) is 7.23. The molecule has 0 unspecified atom stereocenters. The molecule has 4 aromatic rings. The molecule has 0 aliphatic carbocycles. The Hall–Kier alpha value is -3.54. The van der Waals surface area contributed by atoms with E-state index in [-0.39, 0.29) is 11.7 Å². The number of alkyl halides is 1. The van der Waals surface area contributed by atoms with Crippen LogP contribution in [0.4, 0.5) is 14.5 Å². The van der Waals surface area contributed by atoms with Gasteiger partial charge in [0.05, 0.1) is 11.7 Å². The Kier molecular flexibility index (Phi) is 4.61. The molecule has 2 heterocycles. The van der Waals surface area contributed by atoms with Crippen LogP contribution in [0.3, 0.4) is 0 Å². The van der Waals surface area contributed by atoms with Gasteiger partial charge in [-0.15, -0.1) is 0 Å². The summed E-state index contributed by atoms with van der Waals surface area (Å²) in [6.45, 7) is -0.504. The number of anilines is 1. The molecule has 28 heavy (non-hydrogen) atoms. The molecule has 1 amide bonds. The maximum Gasteiger partial charge on any atom is 0.258 e. The van der Waals surface area contributed by atoms with E-state index in [0.717, 1.165) is 16.6 Å². The molecule has 140 valence electrons. The Labute approximate surface area is 160 Å². The van der Waals surface area contributed by atoms with Crippen LogP contribution in [0.15, 0.2) is 73.1 Å². The first-order valence-electron chi connectivity index (χ1n) is 8.73. The molecule has 0 bridgehead atoms. The second-order valence-corrected chi connectivity index (χ2v) is 6.47. The maximum atomic E-state index is 13.1. The van der Waals surface area contributed by atoms with Crippen molar-refractivity contribution < 1.29 is 13.6 Å². The molecule has 0 saturated heterocycles. The molecule has 0 atom stereocenters. The molecule has 6 heteroatoms. The summed E-state index contributed by atoms with van der Waals surface area (Å²) in [6.07, 6.45) is 3.52. The van der Waals surface area contributed by atoms with Crippen LogP contribution in [0.1, 0.15) is 15.9 Å². The Bertz CT molecular complexity index is 1130. The van der Waals surface area contributed by atoms with Crippen LogP contribution in [0.25, 0.3) is 16.6 Å². The van der Waals surface area contributed by atoms with Gasteiger partial charge in [-0.1, -0.05) is 24.3 Å². The van der Waals surface area contributed by atoms with Gasteiger partial charge in [0.2, 0.25) is 0 Å². The second-order valence-electron chi connectivity index (χ2n) is 6.47. The molecule has 0 fully saturated rings. The van der Waals surface area contributed by atoms with E-state index in [2.05, 4.69) is 5.10 Å². The lowest BCUT2D eigenvalue weighted by atomic mass is 10.1. The van der Waals surface area contributed by atoms with Crippen LogP contribution in [0.2, 0.25) is 0 Å². The van der Waals surface area contributed by atoms with Crippen LogP contribution in [0.5, 0.6) is 0 Å². The summed E-state index contributed by atoms with van der Waals surface area (Å²) in [5, 5.41) is 4.35. The topological polar surface area (TPSA) is 37.6 Å². The minimum absolute atomic E-state index is 0.238. The third-order valence-electron chi connectivity index (χ3n) is 4.71. The Morgan fingerprint density at radius 2 is 1.79 bits per heavy atom. The molecule has 0 aliphatic rings. The van der Waals surface area contributed by atoms with Gasteiger partial charge in [0.15, 0.2) is 0 Å². The van der Waals surface area contributed by atoms with Crippen LogP contribution in [-0.2, 0) is 6.67 Å². The van der Waals surface area contributed by atoms with E-state index in [1.165, 1.54) is 29.2 Å². The lowest BCUT2D eigenvalue weighted by Gasteiger charge is -2.18. The van der Waals surface area contributed by atoms with Crippen molar-refractivity contribution in [1.82, 2.24) is 9.61 Å². The van der Waals surface area contributed by atoms with Crippen LogP contribution >= 0.6 is 0 Å². The number of fused-ring (bicyclic) bond motifs is 1. The van der Waals surface area contributed by atoms with Crippen molar-refractivity contribution in [2.45, 2.75) is 6.67 Å². The maximum absolute atomic E-state index is 13.1. The minimum atomic E-state index is -0.504. The minimum Gasteiger partial charge on any atom is -0.311 e. The van der Waals surface area contributed by atoms with E-state index >= 15 is 0 Å².